The number of piperidine rings is 1. The zero-order valence-electron chi connectivity index (χ0n) is 14.5. The Kier molecular flexibility index (Phi) is 6.10. The summed E-state index contributed by atoms with van der Waals surface area (Å²) in [6.45, 7) is 2.70. The normalized spacial score (nSPS) is 15.3. The molecule has 1 saturated heterocycles. The maximum atomic E-state index is 12.1. The number of hydrogen-bond donors (Lipinski definition) is 1. The number of benzene rings is 2. The second-order valence-electron chi connectivity index (χ2n) is 6.60. The van der Waals surface area contributed by atoms with Crippen molar-refractivity contribution in [3.05, 3.63) is 65.7 Å². The molecule has 4 nitrogen and oxygen atoms in total. The minimum Gasteiger partial charge on any atom is -0.372 e. The van der Waals surface area contributed by atoms with Crippen LogP contribution in [0.1, 0.15) is 30.4 Å². The molecule has 25 heavy (non-hydrogen) atoms. The van der Waals surface area contributed by atoms with Gasteiger partial charge in [-0.2, -0.15) is 0 Å². The molecule has 1 aliphatic heterocycles. The molecule has 5 heteroatoms. The van der Waals surface area contributed by atoms with E-state index in [2.05, 4.69) is 33.9 Å². The summed E-state index contributed by atoms with van der Waals surface area (Å²) in [6.07, 6.45) is 4.57. The van der Waals surface area contributed by atoms with Gasteiger partial charge in [-0.1, -0.05) is 42.5 Å². The van der Waals surface area contributed by atoms with E-state index in [1.807, 2.05) is 30.3 Å². The molecule has 2 aromatic carbocycles. The molecule has 1 heterocycles. The van der Waals surface area contributed by atoms with Crippen LogP contribution in [0.2, 0.25) is 0 Å². The molecule has 0 unspecified atom stereocenters. The Hall–Kier alpha value is -1.85. The van der Waals surface area contributed by atoms with Crippen molar-refractivity contribution in [2.45, 2.75) is 31.4 Å². The summed E-state index contributed by atoms with van der Waals surface area (Å²) < 4.78 is 27.0. The quantitative estimate of drug-likeness (QED) is 0.826. The fourth-order valence-electron chi connectivity index (χ4n) is 3.22. The fraction of sp³-hybridized carbons (Fsp3) is 0.400. The van der Waals surface area contributed by atoms with E-state index in [9.17, 15) is 8.42 Å². The van der Waals surface area contributed by atoms with Crippen molar-refractivity contribution in [2.24, 2.45) is 0 Å². The maximum absolute atomic E-state index is 12.1. The summed E-state index contributed by atoms with van der Waals surface area (Å²) in [5.41, 5.74) is 3.23. The lowest BCUT2D eigenvalue weighted by molar-refractivity contribution is 0.577. The first-order valence-electron chi connectivity index (χ1n) is 8.97. The smallest absolute Gasteiger partial charge is 0.215 e. The third-order valence-corrected chi connectivity index (χ3v) is 5.95. The van der Waals surface area contributed by atoms with Crippen LogP contribution in [0.3, 0.4) is 0 Å². The third-order valence-electron chi connectivity index (χ3n) is 4.59. The second kappa shape index (κ2) is 8.50. The number of rotatable bonds is 7. The van der Waals surface area contributed by atoms with Gasteiger partial charge in [-0.3, -0.25) is 0 Å². The van der Waals surface area contributed by atoms with Gasteiger partial charge in [-0.15, -0.1) is 0 Å². The van der Waals surface area contributed by atoms with Gasteiger partial charge in [0.15, 0.2) is 0 Å². The van der Waals surface area contributed by atoms with Crippen LogP contribution in [0, 0.1) is 0 Å². The zero-order valence-corrected chi connectivity index (χ0v) is 15.3. The number of hydrogen-bond acceptors (Lipinski definition) is 3. The Labute approximate surface area is 150 Å². The minimum absolute atomic E-state index is 0.0295. The van der Waals surface area contributed by atoms with Crippen LogP contribution >= 0.6 is 0 Å². The Morgan fingerprint density at radius 1 is 0.840 bits per heavy atom. The highest BCUT2D eigenvalue weighted by Gasteiger charge is 2.12. The zero-order chi connectivity index (χ0) is 17.5. The van der Waals surface area contributed by atoms with E-state index in [-0.39, 0.29) is 5.75 Å². The topological polar surface area (TPSA) is 49.4 Å². The van der Waals surface area contributed by atoms with Gasteiger partial charge in [0.05, 0.1) is 5.75 Å². The Bertz CT molecular complexity index is 752. The van der Waals surface area contributed by atoms with Crippen molar-refractivity contribution in [1.29, 1.82) is 0 Å². The number of nitrogens with zero attached hydrogens (tertiary/aromatic N) is 1. The molecule has 0 radical (unpaired) electrons. The molecular weight excluding hydrogens is 332 g/mol. The van der Waals surface area contributed by atoms with Crippen LogP contribution in [0.25, 0.3) is 0 Å². The molecular formula is C20H26N2O2S. The molecule has 3 rings (SSSR count). The molecule has 0 saturated carbocycles. The van der Waals surface area contributed by atoms with Gasteiger partial charge in [0.1, 0.15) is 0 Å². The van der Waals surface area contributed by atoms with Crippen molar-refractivity contribution in [3.63, 3.8) is 0 Å². The monoisotopic (exact) mass is 358 g/mol. The Balaban J connectivity index is 1.48. The highest BCUT2D eigenvalue weighted by Crippen LogP contribution is 2.20. The number of nitrogens with one attached hydrogen (secondary N) is 1. The number of anilines is 1. The van der Waals surface area contributed by atoms with E-state index in [4.69, 9.17) is 0 Å². The van der Waals surface area contributed by atoms with E-state index in [0.717, 1.165) is 24.2 Å². The number of sulfonamides is 1. The van der Waals surface area contributed by atoms with Crippen molar-refractivity contribution >= 4 is 15.7 Å². The summed E-state index contributed by atoms with van der Waals surface area (Å²) in [5, 5.41) is 0. The van der Waals surface area contributed by atoms with Gasteiger partial charge in [0.2, 0.25) is 10.0 Å². The van der Waals surface area contributed by atoms with Crippen molar-refractivity contribution in [1.82, 2.24) is 4.72 Å². The molecule has 0 aliphatic carbocycles. The molecule has 0 bridgehead atoms. The summed E-state index contributed by atoms with van der Waals surface area (Å²) in [7, 11) is -3.29. The molecule has 1 N–H and O–H groups in total. The summed E-state index contributed by atoms with van der Waals surface area (Å²) >= 11 is 0. The summed E-state index contributed by atoms with van der Waals surface area (Å²) in [6, 6.07) is 17.8. The summed E-state index contributed by atoms with van der Waals surface area (Å²) in [4.78, 5) is 2.43. The lowest BCUT2D eigenvalue weighted by atomic mass is 10.1. The summed E-state index contributed by atoms with van der Waals surface area (Å²) in [5.74, 6) is 0.0295. The van der Waals surface area contributed by atoms with Crippen LogP contribution in [-0.2, 0) is 22.2 Å². The average molecular weight is 359 g/mol. The lowest BCUT2D eigenvalue weighted by Crippen LogP contribution is -2.29. The largest absolute Gasteiger partial charge is 0.372 e. The van der Waals surface area contributed by atoms with Crippen molar-refractivity contribution < 1.29 is 8.42 Å². The van der Waals surface area contributed by atoms with Crippen LogP contribution in [0.4, 0.5) is 5.69 Å². The van der Waals surface area contributed by atoms with E-state index in [1.54, 1.807) is 0 Å². The van der Waals surface area contributed by atoms with Crippen LogP contribution in [-0.4, -0.2) is 28.1 Å². The van der Waals surface area contributed by atoms with E-state index in [1.165, 1.54) is 24.9 Å². The first kappa shape index (κ1) is 18.0. The first-order valence-corrected chi connectivity index (χ1v) is 10.6. The minimum atomic E-state index is -3.29. The van der Waals surface area contributed by atoms with E-state index >= 15 is 0 Å². The van der Waals surface area contributed by atoms with Gasteiger partial charge < -0.3 is 4.90 Å². The van der Waals surface area contributed by atoms with Crippen LogP contribution < -0.4 is 9.62 Å². The molecule has 2 aromatic rings. The van der Waals surface area contributed by atoms with Gasteiger partial charge in [-0.25, -0.2) is 13.1 Å². The Morgan fingerprint density at radius 2 is 1.52 bits per heavy atom. The van der Waals surface area contributed by atoms with Gasteiger partial charge in [0, 0.05) is 25.3 Å². The highest BCUT2D eigenvalue weighted by atomic mass is 32.2. The highest BCUT2D eigenvalue weighted by molar-refractivity contribution is 7.88. The predicted octanol–water partition coefficient (Wildman–Crippen LogP) is 3.34. The maximum Gasteiger partial charge on any atom is 0.215 e. The van der Waals surface area contributed by atoms with Gasteiger partial charge in [0.25, 0.3) is 0 Å². The van der Waals surface area contributed by atoms with Crippen molar-refractivity contribution in [2.75, 3.05) is 24.5 Å². The molecule has 0 atom stereocenters. The average Bonchev–Trinajstić information content (AvgIpc) is 2.63. The predicted molar refractivity (Wildman–Crippen MR) is 103 cm³/mol. The Morgan fingerprint density at radius 3 is 2.20 bits per heavy atom. The molecule has 134 valence electrons. The van der Waals surface area contributed by atoms with Gasteiger partial charge >= 0.3 is 0 Å². The van der Waals surface area contributed by atoms with Crippen LogP contribution in [0.15, 0.2) is 54.6 Å². The lowest BCUT2D eigenvalue weighted by Gasteiger charge is -2.28. The first-order chi connectivity index (χ1) is 12.1. The van der Waals surface area contributed by atoms with Crippen molar-refractivity contribution in [3.8, 4) is 0 Å². The third kappa shape index (κ3) is 5.58. The SMILES string of the molecule is O=S(=O)(Cc1ccccc1)NCCc1ccc(N2CCCCC2)cc1. The standard InChI is InChI=1S/C20H26N2O2S/c23-25(24,17-19-7-3-1-4-8-19)21-14-13-18-9-11-20(12-10-18)22-15-5-2-6-16-22/h1,3-4,7-12,21H,2,5-6,13-17H2. The second-order valence-corrected chi connectivity index (χ2v) is 8.41. The molecule has 1 fully saturated rings. The molecule has 0 amide bonds. The molecule has 0 spiro atoms. The van der Waals surface area contributed by atoms with Gasteiger partial charge in [-0.05, 0) is 48.9 Å². The fourth-order valence-corrected chi connectivity index (χ4v) is 4.37. The van der Waals surface area contributed by atoms with E-state index in [0.29, 0.717) is 13.0 Å². The molecule has 1 aliphatic rings. The van der Waals surface area contributed by atoms with Crippen LogP contribution in [0.5, 0.6) is 0 Å². The van der Waals surface area contributed by atoms with E-state index < -0.39 is 10.0 Å². The molecule has 0 aromatic heterocycles.